The number of halogens is 1. The van der Waals surface area contributed by atoms with Gasteiger partial charge in [0, 0.05) is 29.3 Å². The second-order valence-corrected chi connectivity index (χ2v) is 3.85. The zero-order chi connectivity index (χ0) is 9.26. The van der Waals surface area contributed by atoms with Crippen molar-refractivity contribution < 1.29 is 4.92 Å². The van der Waals surface area contributed by atoms with Crippen LogP contribution in [0.4, 0.5) is 11.4 Å². The summed E-state index contributed by atoms with van der Waals surface area (Å²) in [6, 6.07) is 4.92. The summed E-state index contributed by atoms with van der Waals surface area (Å²) in [5.41, 5.74) is 1.03. The molecule has 1 aromatic rings. The Kier molecular flexibility index (Phi) is 3.60. The molecule has 14 heavy (non-hydrogen) atoms. The van der Waals surface area contributed by atoms with Gasteiger partial charge in [0.1, 0.15) is 0 Å². The molecule has 4 nitrogen and oxygen atoms in total. The van der Waals surface area contributed by atoms with Crippen molar-refractivity contribution in [2.45, 2.75) is 4.90 Å². The minimum absolute atomic E-state index is 0. The quantitative estimate of drug-likeness (QED) is 0.597. The number of nitro benzene ring substituents is 1. The van der Waals surface area contributed by atoms with Gasteiger partial charge in [0.25, 0.3) is 5.69 Å². The van der Waals surface area contributed by atoms with E-state index in [-0.39, 0.29) is 23.0 Å². The summed E-state index contributed by atoms with van der Waals surface area (Å²) in [6.07, 6.45) is 0. The maximum Gasteiger partial charge on any atom is 0.271 e. The minimum Gasteiger partial charge on any atom is -0.383 e. The molecule has 0 aliphatic carbocycles. The van der Waals surface area contributed by atoms with Gasteiger partial charge in [-0.15, -0.1) is 24.2 Å². The molecule has 0 aromatic heterocycles. The van der Waals surface area contributed by atoms with Crippen molar-refractivity contribution in [3.8, 4) is 0 Å². The van der Waals surface area contributed by atoms with E-state index in [1.807, 2.05) is 0 Å². The number of benzene rings is 1. The molecule has 1 aliphatic heterocycles. The molecule has 0 fully saturated rings. The van der Waals surface area contributed by atoms with Gasteiger partial charge in [0.05, 0.1) is 10.6 Å². The standard InChI is InChI=1S/C8H8N2O2S.ClH/c11-10(12)6-1-2-8-7(5-6)9-3-4-13-8;/h1-2,5,9H,3-4H2;1H. The molecule has 0 bridgehead atoms. The Morgan fingerprint density at radius 1 is 1.50 bits per heavy atom. The highest BCUT2D eigenvalue weighted by atomic mass is 35.5. The smallest absolute Gasteiger partial charge is 0.271 e. The first-order chi connectivity index (χ1) is 6.27. The van der Waals surface area contributed by atoms with Gasteiger partial charge in [-0.3, -0.25) is 10.1 Å². The van der Waals surface area contributed by atoms with E-state index in [9.17, 15) is 10.1 Å². The van der Waals surface area contributed by atoms with Gasteiger partial charge in [-0.2, -0.15) is 0 Å². The average molecular weight is 233 g/mol. The Balaban J connectivity index is 0.000000980. The molecule has 1 aliphatic rings. The molecule has 76 valence electrons. The number of thioether (sulfide) groups is 1. The summed E-state index contributed by atoms with van der Waals surface area (Å²) in [4.78, 5) is 11.2. The van der Waals surface area contributed by atoms with Gasteiger partial charge in [-0.25, -0.2) is 0 Å². The summed E-state index contributed by atoms with van der Waals surface area (Å²) in [6.45, 7) is 0.874. The second-order valence-electron chi connectivity index (χ2n) is 2.71. The Morgan fingerprint density at radius 2 is 2.29 bits per heavy atom. The molecule has 0 saturated heterocycles. The molecule has 6 heteroatoms. The van der Waals surface area contributed by atoms with Crippen LogP contribution in [-0.2, 0) is 0 Å². The first-order valence-electron chi connectivity index (χ1n) is 3.92. The number of non-ortho nitro benzene ring substituents is 1. The van der Waals surface area contributed by atoms with Crippen LogP contribution in [0.3, 0.4) is 0 Å². The lowest BCUT2D eigenvalue weighted by atomic mass is 10.3. The van der Waals surface area contributed by atoms with Crippen molar-refractivity contribution in [2.24, 2.45) is 0 Å². The highest BCUT2D eigenvalue weighted by molar-refractivity contribution is 7.99. The van der Waals surface area contributed by atoms with E-state index in [1.165, 1.54) is 0 Å². The van der Waals surface area contributed by atoms with E-state index in [2.05, 4.69) is 5.32 Å². The average Bonchev–Trinajstić information content (AvgIpc) is 2.17. The molecular formula is C8H9ClN2O2S. The molecule has 0 unspecified atom stereocenters. The van der Waals surface area contributed by atoms with Gasteiger partial charge in [-0.05, 0) is 6.07 Å². The number of rotatable bonds is 1. The minimum atomic E-state index is -0.374. The maximum absolute atomic E-state index is 10.5. The number of nitrogens with zero attached hydrogens (tertiary/aromatic N) is 1. The molecule has 0 radical (unpaired) electrons. The predicted molar refractivity (Wildman–Crippen MR) is 59.6 cm³/mol. The van der Waals surface area contributed by atoms with Crippen molar-refractivity contribution in [3.63, 3.8) is 0 Å². The van der Waals surface area contributed by atoms with Crippen molar-refractivity contribution in [1.82, 2.24) is 0 Å². The normalized spacial score (nSPS) is 13.4. The molecule has 1 N–H and O–H groups in total. The van der Waals surface area contributed by atoms with Crippen LogP contribution in [-0.4, -0.2) is 17.2 Å². The zero-order valence-corrected chi connectivity index (χ0v) is 8.86. The number of fused-ring (bicyclic) bond motifs is 1. The Morgan fingerprint density at radius 3 is 3.00 bits per heavy atom. The van der Waals surface area contributed by atoms with E-state index in [0.29, 0.717) is 0 Å². The van der Waals surface area contributed by atoms with Crippen molar-refractivity contribution in [3.05, 3.63) is 28.3 Å². The predicted octanol–water partition coefficient (Wildman–Crippen LogP) is 2.53. The van der Waals surface area contributed by atoms with Crippen LogP contribution < -0.4 is 5.32 Å². The first kappa shape index (κ1) is 11.1. The zero-order valence-electron chi connectivity index (χ0n) is 7.23. The molecule has 0 saturated carbocycles. The van der Waals surface area contributed by atoms with Crippen molar-refractivity contribution in [1.29, 1.82) is 0 Å². The van der Waals surface area contributed by atoms with Crippen LogP contribution in [0.2, 0.25) is 0 Å². The first-order valence-corrected chi connectivity index (χ1v) is 4.91. The molecular weight excluding hydrogens is 224 g/mol. The Bertz CT molecular complexity index is 359. The monoisotopic (exact) mass is 232 g/mol. The maximum atomic E-state index is 10.5. The van der Waals surface area contributed by atoms with Gasteiger partial charge < -0.3 is 5.32 Å². The van der Waals surface area contributed by atoms with Gasteiger partial charge in [0.15, 0.2) is 0 Å². The van der Waals surface area contributed by atoms with Gasteiger partial charge in [-0.1, -0.05) is 0 Å². The van der Waals surface area contributed by atoms with Crippen LogP contribution in [0.25, 0.3) is 0 Å². The SMILES string of the molecule is Cl.O=[N+]([O-])c1ccc2c(c1)NCCS2. The molecule has 0 spiro atoms. The van der Waals surface area contributed by atoms with Crippen LogP contribution in [0.15, 0.2) is 23.1 Å². The molecule has 1 aromatic carbocycles. The fourth-order valence-electron chi connectivity index (χ4n) is 1.24. The second kappa shape index (κ2) is 4.52. The van der Waals surface area contributed by atoms with Crippen LogP contribution in [0.5, 0.6) is 0 Å². The number of nitro groups is 1. The van der Waals surface area contributed by atoms with Crippen molar-refractivity contribution in [2.75, 3.05) is 17.6 Å². The largest absolute Gasteiger partial charge is 0.383 e. The van der Waals surface area contributed by atoms with E-state index in [1.54, 1.807) is 30.0 Å². The van der Waals surface area contributed by atoms with Crippen molar-refractivity contribution >= 4 is 35.5 Å². The number of hydrogen-bond donors (Lipinski definition) is 1. The highest BCUT2D eigenvalue weighted by Crippen LogP contribution is 2.33. The highest BCUT2D eigenvalue weighted by Gasteiger charge is 2.13. The lowest BCUT2D eigenvalue weighted by Crippen LogP contribution is -2.10. The lowest BCUT2D eigenvalue weighted by molar-refractivity contribution is -0.384. The van der Waals surface area contributed by atoms with E-state index in [4.69, 9.17) is 0 Å². The summed E-state index contributed by atoms with van der Waals surface area (Å²) in [5.74, 6) is 1.02. The summed E-state index contributed by atoms with van der Waals surface area (Å²) < 4.78 is 0. The Labute approximate surface area is 91.6 Å². The summed E-state index contributed by atoms with van der Waals surface area (Å²) in [5, 5.41) is 13.6. The van der Waals surface area contributed by atoms with E-state index < -0.39 is 0 Å². The number of nitrogens with one attached hydrogen (secondary N) is 1. The third kappa shape index (κ3) is 2.10. The lowest BCUT2D eigenvalue weighted by Gasteiger charge is -2.16. The third-order valence-electron chi connectivity index (χ3n) is 1.85. The fraction of sp³-hybridized carbons (Fsp3) is 0.250. The van der Waals surface area contributed by atoms with Crippen LogP contribution >= 0.6 is 24.2 Å². The van der Waals surface area contributed by atoms with Crippen LogP contribution in [0, 0.1) is 10.1 Å². The fourth-order valence-corrected chi connectivity index (χ4v) is 2.12. The molecule has 0 amide bonds. The third-order valence-corrected chi connectivity index (χ3v) is 2.92. The summed E-state index contributed by atoms with van der Waals surface area (Å²) in [7, 11) is 0. The van der Waals surface area contributed by atoms with Gasteiger partial charge >= 0.3 is 0 Å². The molecule has 2 rings (SSSR count). The van der Waals surface area contributed by atoms with E-state index in [0.717, 1.165) is 22.9 Å². The van der Waals surface area contributed by atoms with Gasteiger partial charge in [0.2, 0.25) is 0 Å². The molecule has 1 heterocycles. The van der Waals surface area contributed by atoms with E-state index >= 15 is 0 Å². The topological polar surface area (TPSA) is 55.2 Å². The number of anilines is 1. The molecule has 0 atom stereocenters. The Hall–Kier alpha value is -0.940. The summed E-state index contributed by atoms with van der Waals surface area (Å²) >= 11 is 1.72. The van der Waals surface area contributed by atoms with Crippen LogP contribution in [0.1, 0.15) is 0 Å². The number of hydrogen-bond acceptors (Lipinski definition) is 4.